The summed E-state index contributed by atoms with van der Waals surface area (Å²) in [5.41, 5.74) is 3.11. The molecule has 8 heteroatoms. The molecule has 6 nitrogen and oxygen atoms in total. The van der Waals surface area contributed by atoms with Crippen LogP contribution in [0.25, 0.3) is 10.8 Å². The molecule has 0 saturated heterocycles. The van der Waals surface area contributed by atoms with E-state index in [-0.39, 0.29) is 17.9 Å². The third-order valence-electron chi connectivity index (χ3n) is 8.51. The van der Waals surface area contributed by atoms with Crippen LogP contribution in [0.5, 0.6) is 23.0 Å². The number of hydrogen-bond acceptors (Lipinski definition) is 6. The van der Waals surface area contributed by atoms with Gasteiger partial charge in [0.15, 0.2) is 31.3 Å². The molecule has 228 valence electrons. The molecule has 0 bridgehead atoms. The van der Waals surface area contributed by atoms with Crippen molar-refractivity contribution in [1.82, 2.24) is 0 Å². The molecular formula is C35H42BrNO5Si. The first kappa shape index (κ1) is 31.2. The number of anilines is 1. The fraction of sp³-hybridized carbons (Fsp3) is 0.371. The fourth-order valence-corrected chi connectivity index (χ4v) is 6.70. The summed E-state index contributed by atoms with van der Waals surface area (Å²) in [6.45, 7) is 12.8. The summed E-state index contributed by atoms with van der Waals surface area (Å²) in [7, 11) is -0.178. The summed E-state index contributed by atoms with van der Waals surface area (Å²) in [5, 5.41) is 6.19. The molecule has 1 N–H and O–H groups in total. The van der Waals surface area contributed by atoms with Crippen molar-refractivity contribution in [3.05, 3.63) is 88.4 Å². The maximum absolute atomic E-state index is 6.57. The van der Waals surface area contributed by atoms with Crippen LogP contribution in [-0.4, -0.2) is 28.8 Å². The van der Waals surface area contributed by atoms with E-state index in [2.05, 4.69) is 91.5 Å². The number of hydrogen-bond donors (Lipinski definition) is 1. The normalized spacial score (nSPS) is 13.7. The Labute approximate surface area is 264 Å². The van der Waals surface area contributed by atoms with Gasteiger partial charge in [-0.1, -0.05) is 79.2 Å². The Morgan fingerprint density at radius 2 is 1.70 bits per heavy atom. The van der Waals surface area contributed by atoms with Crippen LogP contribution in [0, 0.1) is 0 Å². The van der Waals surface area contributed by atoms with Crippen LogP contribution in [0.15, 0.2) is 77.3 Å². The number of rotatable bonds is 12. The Morgan fingerprint density at radius 1 is 0.953 bits per heavy atom. The molecule has 5 rings (SSSR count). The Kier molecular flexibility index (Phi) is 9.59. The van der Waals surface area contributed by atoms with Crippen molar-refractivity contribution in [2.24, 2.45) is 0 Å². The van der Waals surface area contributed by atoms with E-state index >= 15 is 0 Å². The molecule has 1 aliphatic heterocycles. The highest BCUT2D eigenvalue weighted by Gasteiger charge is 2.37. The van der Waals surface area contributed by atoms with Crippen molar-refractivity contribution in [2.75, 3.05) is 25.8 Å². The Bertz CT molecular complexity index is 1550. The summed E-state index contributed by atoms with van der Waals surface area (Å²) < 4.78 is 31.3. The lowest BCUT2D eigenvalue weighted by Crippen LogP contribution is -2.41. The van der Waals surface area contributed by atoms with E-state index in [0.717, 1.165) is 62.1 Å². The number of methoxy groups -OCH3 is 1. The van der Waals surface area contributed by atoms with Crippen LogP contribution >= 0.6 is 15.9 Å². The average molecular weight is 665 g/mol. The van der Waals surface area contributed by atoms with Crippen LogP contribution in [0.4, 0.5) is 5.69 Å². The standard InChI is InChI=1S/C35H42BrNO5Si/c1-35(2,3)43(5,6)42-19-11-16-29(37-28-15-10-14-25-20-31-32(21-26(25)28)41-23-40-31)33-27(36)17-18-30(38-4)34(33)39-22-24-12-8-7-9-13-24/h7-10,12-15,17-18,20-21,29,37H,11,16,19,22-23H2,1-6H3. The largest absolute Gasteiger partial charge is 0.493 e. The second-order valence-corrected chi connectivity index (χ2v) is 18.1. The molecule has 0 radical (unpaired) electrons. The van der Waals surface area contributed by atoms with Gasteiger partial charge in [0.2, 0.25) is 6.79 Å². The molecule has 4 aromatic carbocycles. The molecule has 1 aliphatic rings. The summed E-state index contributed by atoms with van der Waals surface area (Å²) in [5.74, 6) is 2.95. The van der Waals surface area contributed by atoms with Crippen molar-refractivity contribution < 1.29 is 23.4 Å². The number of benzene rings is 4. The van der Waals surface area contributed by atoms with Crippen molar-refractivity contribution in [2.45, 2.75) is 64.4 Å². The van der Waals surface area contributed by atoms with Gasteiger partial charge in [-0.2, -0.15) is 0 Å². The minimum atomic E-state index is -1.86. The highest BCUT2D eigenvalue weighted by Crippen LogP contribution is 2.45. The van der Waals surface area contributed by atoms with Gasteiger partial charge in [-0.25, -0.2) is 0 Å². The molecule has 0 saturated carbocycles. The van der Waals surface area contributed by atoms with Crippen molar-refractivity contribution in [3.8, 4) is 23.0 Å². The maximum Gasteiger partial charge on any atom is 0.231 e. The Hall–Kier alpha value is -3.20. The molecule has 43 heavy (non-hydrogen) atoms. The van der Waals surface area contributed by atoms with E-state index in [1.54, 1.807) is 7.11 Å². The predicted molar refractivity (Wildman–Crippen MR) is 180 cm³/mol. The third kappa shape index (κ3) is 7.14. The molecule has 1 atom stereocenters. The quantitative estimate of drug-likeness (QED) is 0.120. The average Bonchev–Trinajstić information content (AvgIpc) is 3.44. The highest BCUT2D eigenvalue weighted by atomic mass is 79.9. The number of fused-ring (bicyclic) bond motifs is 2. The zero-order valence-electron chi connectivity index (χ0n) is 26.0. The minimum absolute atomic E-state index is 0.103. The Balaban J connectivity index is 1.50. The lowest BCUT2D eigenvalue weighted by Gasteiger charge is -2.36. The minimum Gasteiger partial charge on any atom is -0.493 e. The summed E-state index contributed by atoms with van der Waals surface area (Å²) >= 11 is 3.87. The zero-order chi connectivity index (χ0) is 30.6. The SMILES string of the molecule is COc1ccc(Br)c(C(CCCO[Si](C)(C)C(C)(C)C)Nc2cccc3cc4c(cc23)OCO4)c1OCc1ccccc1. The molecule has 0 aliphatic carbocycles. The second-order valence-electron chi connectivity index (χ2n) is 12.4. The second kappa shape index (κ2) is 13.2. The van der Waals surface area contributed by atoms with Gasteiger partial charge in [-0.05, 0) is 72.3 Å². The van der Waals surface area contributed by atoms with E-state index in [0.29, 0.717) is 19.0 Å². The lowest BCUT2D eigenvalue weighted by atomic mass is 9.98. The molecule has 0 fully saturated rings. The first-order valence-corrected chi connectivity index (χ1v) is 18.5. The van der Waals surface area contributed by atoms with Gasteiger partial charge in [0.1, 0.15) is 6.61 Å². The molecule has 1 unspecified atom stereocenters. The fourth-order valence-electron chi connectivity index (χ4n) is 5.02. The number of ether oxygens (including phenoxy) is 4. The first-order chi connectivity index (χ1) is 20.6. The molecule has 0 amide bonds. The molecular weight excluding hydrogens is 622 g/mol. The topological polar surface area (TPSA) is 58.2 Å². The summed E-state index contributed by atoms with van der Waals surface area (Å²) in [6.07, 6.45) is 1.70. The maximum atomic E-state index is 6.57. The van der Waals surface area contributed by atoms with Gasteiger partial charge in [0.25, 0.3) is 0 Å². The van der Waals surface area contributed by atoms with E-state index in [1.807, 2.05) is 36.4 Å². The molecule has 0 aromatic heterocycles. The van der Waals surface area contributed by atoms with E-state index in [1.165, 1.54) is 0 Å². The lowest BCUT2D eigenvalue weighted by molar-refractivity contribution is 0.174. The highest BCUT2D eigenvalue weighted by molar-refractivity contribution is 9.10. The van der Waals surface area contributed by atoms with E-state index < -0.39 is 8.32 Å². The molecule has 1 heterocycles. The van der Waals surface area contributed by atoms with Crippen molar-refractivity contribution >= 4 is 40.7 Å². The smallest absolute Gasteiger partial charge is 0.231 e. The predicted octanol–water partition coefficient (Wildman–Crippen LogP) is 9.87. The van der Waals surface area contributed by atoms with Gasteiger partial charge in [-0.3, -0.25) is 0 Å². The van der Waals surface area contributed by atoms with E-state index in [4.69, 9.17) is 23.4 Å². The van der Waals surface area contributed by atoms with Crippen LogP contribution in [0.3, 0.4) is 0 Å². The van der Waals surface area contributed by atoms with Crippen LogP contribution in [0.2, 0.25) is 18.1 Å². The van der Waals surface area contributed by atoms with Gasteiger partial charge in [0.05, 0.1) is 13.2 Å². The van der Waals surface area contributed by atoms with Crippen LogP contribution < -0.4 is 24.3 Å². The van der Waals surface area contributed by atoms with Gasteiger partial charge in [-0.15, -0.1) is 0 Å². The Morgan fingerprint density at radius 3 is 2.42 bits per heavy atom. The number of halogens is 1. The van der Waals surface area contributed by atoms with Gasteiger partial charge < -0.3 is 28.7 Å². The first-order valence-electron chi connectivity index (χ1n) is 14.8. The van der Waals surface area contributed by atoms with Gasteiger partial charge >= 0.3 is 0 Å². The van der Waals surface area contributed by atoms with Crippen LogP contribution in [0.1, 0.15) is 50.8 Å². The van der Waals surface area contributed by atoms with E-state index in [9.17, 15) is 0 Å². The summed E-state index contributed by atoms with van der Waals surface area (Å²) in [6, 6.07) is 24.5. The van der Waals surface area contributed by atoms with Crippen molar-refractivity contribution in [3.63, 3.8) is 0 Å². The zero-order valence-corrected chi connectivity index (χ0v) is 28.5. The van der Waals surface area contributed by atoms with Crippen LogP contribution in [-0.2, 0) is 11.0 Å². The molecule has 0 spiro atoms. The number of nitrogens with one attached hydrogen (secondary N) is 1. The summed E-state index contributed by atoms with van der Waals surface area (Å²) in [4.78, 5) is 0. The molecule has 4 aromatic rings. The third-order valence-corrected chi connectivity index (χ3v) is 13.7. The van der Waals surface area contributed by atoms with Crippen molar-refractivity contribution in [1.29, 1.82) is 0 Å². The monoisotopic (exact) mass is 663 g/mol. The van der Waals surface area contributed by atoms with Gasteiger partial charge in [0, 0.05) is 27.7 Å².